The van der Waals surface area contributed by atoms with Gasteiger partial charge in [-0.25, -0.2) is 0 Å². The molecule has 21 heavy (non-hydrogen) atoms. The largest absolute Gasteiger partial charge is 0.479 e. The number of carbonyl (C=O) groups is 1. The molecular formula is C14H12Cl2N2O3. The highest BCUT2D eigenvalue weighted by Gasteiger charge is 2.17. The molecule has 1 unspecified atom stereocenters. The van der Waals surface area contributed by atoms with Crippen molar-refractivity contribution in [2.45, 2.75) is 13.0 Å². The van der Waals surface area contributed by atoms with E-state index in [4.69, 9.17) is 27.9 Å². The summed E-state index contributed by atoms with van der Waals surface area (Å²) in [5.41, 5.74) is -0.140. The van der Waals surface area contributed by atoms with Crippen LogP contribution in [0.4, 0.5) is 5.69 Å². The van der Waals surface area contributed by atoms with Gasteiger partial charge in [-0.05, 0) is 25.1 Å². The first-order valence-corrected chi connectivity index (χ1v) is 6.82. The Balaban J connectivity index is 2.06. The second kappa shape index (κ2) is 6.65. The fourth-order valence-corrected chi connectivity index (χ4v) is 2.02. The third-order valence-corrected chi connectivity index (χ3v) is 3.18. The van der Waals surface area contributed by atoms with Crippen LogP contribution < -0.4 is 15.5 Å². The van der Waals surface area contributed by atoms with Crippen molar-refractivity contribution in [3.63, 3.8) is 0 Å². The van der Waals surface area contributed by atoms with E-state index in [0.717, 1.165) is 0 Å². The zero-order valence-corrected chi connectivity index (χ0v) is 12.5. The Bertz CT molecular complexity index is 715. The monoisotopic (exact) mass is 326 g/mol. The number of amides is 1. The highest BCUT2D eigenvalue weighted by atomic mass is 35.5. The second-order valence-electron chi connectivity index (χ2n) is 4.25. The topological polar surface area (TPSA) is 71.2 Å². The predicted octanol–water partition coefficient (Wildman–Crippen LogP) is 3.09. The van der Waals surface area contributed by atoms with Gasteiger partial charge in [0.1, 0.15) is 11.4 Å². The van der Waals surface area contributed by atoms with Crippen molar-refractivity contribution in [2.24, 2.45) is 0 Å². The molecule has 0 aliphatic rings. The molecule has 110 valence electrons. The van der Waals surface area contributed by atoms with Crippen LogP contribution in [0.2, 0.25) is 10.0 Å². The van der Waals surface area contributed by atoms with Gasteiger partial charge in [0.05, 0.1) is 5.02 Å². The molecule has 0 aliphatic heterocycles. The van der Waals surface area contributed by atoms with E-state index in [9.17, 15) is 9.59 Å². The summed E-state index contributed by atoms with van der Waals surface area (Å²) in [5, 5.41) is 3.26. The summed E-state index contributed by atoms with van der Waals surface area (Å²) in [6.07, 6.45) is 2.05. The number of rotatable bonds is 4. The molecule has 0 spiro atoms. The van der Waals surface area contributed by atoms with E-state index in [1.165, 1.54) is 24.5 Å². The lowest BCUT2D eigenvalue weighted by molar-refractivity contribution is -0.122. The molecule has 1 heterocycles. The minimum Gasteiger partial charge on any atom is -0.479 e. The lowest BCUT2D eigenvalue weighted by Crippen LogP contribution is -2.31. The Morgan fingerprint density at radius 3 is 2.76 bits per heavy atom. The van der Waals surface area contributed by atoms with E-state index in [0.29, 0.717) is 15.8 Å². The Labute approximate surface area is 130 Å². The number of aromatic nitrogens is 1. The van der Waals surface area contributed by atoms with Gasteiger partial charge in [-0.2, -0.15) is 0 Å². The number of anilines is 1. The number of pyridine rings is 1. The maximum absolute atomic E-state index is 12.0. The fourth-order valence-electron chi connectivity index (χ4n) is 1.56. The summed E-state index contributed by atoms with van der Waals surface area (Å²) in [6.45, 7) is 1.55. The van der Waals surface area contributed by atoms with Gasteiger partial charge in [-0.3, -0.25) is 9.59 Å². The van der Waals surface area contributed by atoms with Crippen LogP contribution in [-0.2, 0) is 4.79 Å². The van der Waals surface area contributed by atoms with E-state index < -0.39 is 12.0 Å². The summed E-state index contributed by atoms with van der Waals surface area (Å²) in [4.78, 5) is 26.2. The van der Waals surface area contributed by atoms with Crippen molar-refractivity contribution >= 4 is 34.8 Å². The van der Waals surface area contributed by atoms with Gasteiger partial charge < -0.3 is 15.0 Å². The molecule has 2 rings (SSSR count). The molecule has 7 heteroatoms. The lowest BCUT2D eigenvalue weighted by Gasteiger charge is -2.15. The molecule has 2 N–H and O–H groups in total. The Morgan fingerprint density at radius 1 is 1.33 bits per heavy atom. The van der Waals surface area contributed by atoms with Gasteiger partial charge in [0, 0.05) is 23.5 Å². The molecule has 0 saturated carbocycles. The maximum Gasteiger partial charge on any atom is 0.265 e. The summed E-state index contributed by atoms with van der Waals surface area (Å²) < 4.78 is 5.46. The van der Waals surface area contributed by atoms with Gasteiger partial charge in [-0.15, -0.1) is 0 Å². The number of aromatic amines is 1. The first kappa shape index (κ1) is 15.4. The molecule has 1 aromatic carbocycles. The minimum absolute atomic E-state index is 0.153. The quantitative estimate of drug-likeness (QED) is 0.906. The third kappa shape index (κ3) is 4.00. The van der Waals surface area contributed by atoms with Crippen LogP contribution in [-0.4, -0.2) is 17.0 Å². The van der Waals surface area contributed by atoms with Crippen molar-refractivity contribution in [2.75, 3.05) is 5.32 Å². The number of ether oxygens (including phenoxy) is 1. The van der Waals surface area contributed by atoms with E-state index in [-0.39, 0.29) is 11.1 Å². The van der Waals surface area contributed by atoms with Gasteiger partial charge in [0.25, 0.3) is 5.91 Å². The van der Waals surface area contributed by atoms with E-state index >= 15 is 0 Å². The van der Waals surface area contributed by atoms with Crippen LogP contribution in [0.3, 0.4) is 0 Å². The van der Waals surface area contributed by atoms with Crippen LogP contribution in [0.5, 0.6) is 5.75 Å². The van der Waals surface area contributed by atoms with Gasteiger partial charge >= 0.3 is 0 Å². The molecular weight excluding hydrogens is 315 g/mol. The number of nitrogens with one attached hydrogen (secondary N) is 2. The number of carbonyl (C=O) groups excluding carboxylic acids is 1. The molecule has 1 atom stereocenters. The van der Waals surface area contributed by atoms with Crippen LogP contribution in [0.15, 0.2) is 41.5 Å². The molecule has 0 saturated heterocycles. The molecule has 0 bridgehead atoms. The minimum atomic E-state index is -0.830. The van der Waals surface area contributed by atoms with Crippen molar-refractivity contribution in [1.29, 1.82) is 0 Å². The Hall–Kier alpha value is -1.98. The first-order valence-electron chi connectivity index (χ1n) is 6.07. The molecule has 0 aliphatic carbocycles. The lowest BCUT2D eigenvalue weighted by atomic mass is 10.3. The highest BCUT2D eigenvalue weighted by molar-refractivity contribution is 6.35. The fraction of sp³-hybridized carbons (Fsp3) is 0.143. The Kier molecular flexibility index (Phi) is 4.88. The van der Waals surface area contributed by atoms with Crippen molar-refractivity contribution in [3.05, 3.63) is 56.9 Å². The summed E-state index contributed by atoms with van der Waals surface area (Å²) in [5.74, 6) is -0.122. The van der Waals surface area contributed by atoms with E-state index in [2.05, 4.69) is 10.3 Å². The highest BCUT2D eigenvalue weighted by Crippen LogP contribution is 2.28. The van der Waals surface area contributed by atoms with Gasteiger partial charge in [-0.1, -0.05) is 23.2 Å². The standard InChI is InChI=1S/C14H12Cl2N2O3/c1-8(21-13-3-2-9(15)6-10(13)16)14(20)18-11-7-17-5-4-12(11)19/h2-8H,1H3,(H,17,19)(H,18,20). The van der Waals surface area contributed by atoms with Crippen molar-refractivity contribution in [1.82, 2.24) is 4.98 Å². The van der Waals surface area contributed by atoms with Crippen molar-refractivity contribution in [3.8, 4) is 5.75 Å². The number of hydrogen-bond acceptors (Lipinski definition) is 3. The zero-order chi connectivity index (χ0) is 15.4. The van der Waals surface area contributed by atoms with E-state index in [1.54, 1.807) is 19.1 Å². The average Bonchev–Trinajstić information content (AvgIpc) is 2.44. The SMILES string of the molecule is CC(Oc1ccc(Cl)cc1Cl)C(=O)Nc1c[nH]ccc1=O. The Morgan fingerprint density at radius 2 is 2.10 bits per heavy atom. The van der Waals surface area contributed by atoms with Gasteiger partial charge in [0.2, 0.25) is 5.43 Å². The summed E-state index contributed by atoms with van der Waals surface area (Å²) in [6, 6.07) is 6.02. The normalized spacial score (nSPS) is 11.8. The summed E-state index contributed by atoms with van der Waals surface area (Å²) in [7, 11) is 0. The number of H-pyrrole nitrogens is 1. The molecule has 0 radical (unpaired) electrons. The van der Waals surface area contributed by atoms with Crippen molar-refractivity contribution < 1.29 is 9.53 Å². The molecule has 0 fully saturated rings. The third-order valence-electron chi connectivity index (χ3n) is 2.65. The summed E-state index contributed by atoms with van der Waals surface area (Å²) >= 11 is 11.8. The van der Waals surface area contributed by atoms with Crippen LogP contribution in [0.1, 0.15) is 6.92 Å². The van der Waals surface area contributed by atoms with Crippen LogP contribution in [0, 0.1) is 0 Å². The number of hydrogen-bond donors (Lipinski definition) is 2. The number of halogens is 2. The molecule has 1 aromatic heterocycles. The second-order valence-corrected chi connectivity index (χ2v) is 5.09. The van der Waals surface area contributed by atoms with Gasteiger partial charge in [0.15, 0.2) is 6.10 Å². The first-order chi connectivity index (χ1) is 9.97. The smallest absolute Gasteiger partial charge is 0.265 e. The molecule has 5 nitrogen and oxygen atoms in total. The average molecular weight is 327 g/mol. The molecule has 1 amide bonds. The van der Waals surface area contributed by atoms with E-state index in [1.807, 2.05) is 0 Å². The van der Waals surface area contributed by atoms with Crippen LogP contribution in [0.25, 0.3) is 0 Å². The van der Waals surface area contributed by atoms with Crippen LogP contribution >= 0.6 is 23.2 Å². The maximum atomic E-state index is 12.0. The zero-order valence-electron chi connectivity index (χ0n) is 11.0. The number of benzene rings is 1. The predicted molar refractivity (Wildman–Crippen MR) is 82.2 cm³/mol. The molecule has 2 aromatic rings.